The normalized spacial score (nSPS) is 14.2. The van der Waals surface area contributed by atoms with E-state index in [9.17, 15) is 23.3 Å². The van der Waals surface area contributed by atoms with Gasteiger partial charge in [0, 0.05) is 19.1 Å². The third kappa shape index (κ3) is 7.22. The quantitative estimate of drug-likeness (QED) is 0.135. The highest BCUT2D eigenvalue weighted by atomic mass is 32.2. The molecule has 1 N–H and O–H groups in total. The van der Waals surface area contributed by atoms with Crippen LogP contribution in [0.3, 0.4) is 0 Å². The summed E-state index contributed by atoms with van der Waals surface area (Å²) in [6, 6.07) is 14.0. The predicted molar refractivity (Wildman–Crippen MR) is 141 cm³/mol. The zero-order valence-electron chi connectivity index (χ0n) is 21.7. The molecule has 0 amide bonds. The summed E-state index contributed by atoms with van der Waals surface area (Å²) in [5.41, 5.74) is -1.57. The molecule has 0 aliphatic heterocycles. The van der Waals surface area contributed by atoms with Crippen molar-refractivity contribution in [1.82, 2.24) is 4.72 Å². The second kappa shape index (κ2) is 11.6. The van der Waals surface area contributed by atoms with E-state index in [2.05, 4.69) is 38.6 Å². The Morgan fingerprint density at radius 1 is 1.06 bits per heavy atom. The molecule has 0 radical (unpaired) electrons. The van der Waals surface area contributed by atoms with Crippen LogP contribution in [0.5, 0.6) is 0 Å². The van der Waals surface area contributed by atoms with Crippen molar-refractivity contribution in [3.05, 3.63) is 70.3 Å². The largest absolute Gasteiger partial charge is 0.468 e. The molecular weight excluding hydrogens is 500 g/mol. The van der Waals surface area contributed by atoms with Crippen LogP contribution < -0.4 is 4.72 Å². The van der Waals surface area contributed by atoms with Gasteiger partial charge in [0.2, 0.25) is 10.0 Å². The van der Waals surface area contributed by atoms with Crippen LogP contribution >= 0.6 is 0 Å². The van der Waals surface area contributed by atoms with Crippen molar-refractivity contribution in [2.24, 2.45) is 0 Å². The smallest absolute Gasteiger partial charge is 0.327 e. The summed E-state index contributed by atoms with van der Waals surface area (Å²) < 4.78 is 40.7. The molecule has 0 aliphatic carbocycles. The van der Waals surface area contributed by atoms with Crippen LogP contribution in [0.2, 0.25) is 18.1 Å². The second-order valence-electron chi connectivity index (χ2n) is 10.3. The first-order valence-electron chi connectivity index (χ1n) is 11.7. The number of carbonyl (C=O) groups excluding carboxylic acids is 1. The van der Waals surface area contributed by atoms with Crippen LogP contribution in [-0.4, -0.2) is 46.9 Å². The zero-order chi connectivity index (χ0) is 27.2. The number of rotatable bonds is 12. The lowest BCUT2D eigenvalue weighted by Crippen LogP contribution is -2.56. The van der Waals surface area contributed by atoms with Gasteiger partial charge >= 0.3 is 5.97 Å². The Balaban J connectivity index is 2.46. The van der Waals surface area contributed by atoms with E-state index in [-0.39, 0.29) is 17.9 Å². The molecule has 2 rings (SSSR count). The Bertz CT molecular complexity index is 1160. The van der Waals surface area contributed by atoms with Crippen LogP contribution in [0.4, 0.5) is 5.69 Å². The molecule has 36 heavy (non-hydrogen) atoms. The number of methoxy groups -OCH3 is 1. The Labute approximate surface area is 214 Å². The first-order valence-corrected chi connectivity index (χ1v) is 16.1. The number of hydrogen-bond donors (Lipinski definition) is 1. The third-order valence-corrected chi connectivity index (χ3v) is 12.7. The van der Waals surface area contributed by atoms with Gasteiger partial charge in [-0.15, -0.1) is 0 Å². The van der Waals surface area contributed by atoms with Crippen LogP contribution in [0.15, 0.2) is 59.5 Å². The highest BCUT2D eigenvalue weighted by molar-refractivity contribution is 7.89. The fourth-order valence-electron chi connectivity index (χ4n) is 3.60. The molecule has 198 valence electrons. The highest BCUT2D eigenvalue weighted by Crippen LogP contribution is 2.37. The van der Waals surface area contributed by atoms with Gasteiger partial charge in [-0.3, -0.25) is 14.9 Å². The molecule has 2 aromatic rings. The number of ether oxygens (including phenoxy) is 1. The van der Waals surface area contributed by atoms with Crippen molar-refractivity contribution < 1.29 is 27.3 Å². The molecule has 0 aromatic heterocycles. The zero-order valence-corrected chi connectivity index (χ0v) is 23.6. The van der Waals surface area contributed by atoms with Gasteiger partial charge in [-0.05, 0) is 42.6 Å². The third-order valence-electron chi connectivity index (χ3n) is 6.62. The topological polar surface area (TPSA) is 125 Å². The number of carbonyl (C=O) groups is 1. The van der Waals surface area contributed by atoms with Gasteiger partial charge in [-0.25, -0.2) is 8.42 Å². The van der Waals surface area contributed by atoms with E-state index in [1.165, 1.54) is 19.2 Å². The maximum atomic E-state index is 13.5. The summed E-state index contributed by atoms with van der Waals surface area (Å²) in [6.07, 6.45) is 0.442. The van der Waals surface area contributed by atoms with E-state index < -0.39 is 45.4 Å². The number of nitrogens with one attached hydrogen (secondary N) is 1. The average Bonchev–Trinajstić information content (AvgIpc) is 2.80. The number of para-hydroxylation sites is 1. The number of nitrogens with zero attached hydrogens (tertiary/aromatic N) is 1. The van der Waals surface area contributed by atoms with E-state index in [1.54, 1.807) is 24.3 Å². The lowest BCUT2D eigenvalue weighted by atomic mass is 9.87. The average molecular weight is 537 g/mol. The fraction of sp³-hybridized carbons (Fsp3) is 0.480. The summed E-state index contributed by atoms with van der Waals surface area (Å²) >= 11 is 0. The van der Waals surface area contributed by atoms with Crippen LogP contribution in [0, 0.1) is 10.1 Å². The molecule has 0 fully saturated rings. The van der Waals surface area contributed by atoms with Crippen molar-refractivity contribution in [1.29, 1.82) is 0 Å². The minimum absolute atomic E-state index is 0.000463. The van der Waals surface area contributed by atoms with Crippen LogP contribution in [0.25, 0.3) is 0 Å². The molecule has 0 aliphatic rings. The molecule has 11 heteroatoms. The number of hydrogen-bond acceptors (Lipinski definition) is 7. The molecular formula is C25H36N2O7SSi. The Morgan fingerprint density at radius 3 is 2.19 bits per heavy atom. The number of esters is 1. The molecule has 0 spiro atoms. The van der Waals surface area contributed by atoms with E-state index in [1.807, 2.05) is 6.07 Å². The molecule has 0 saturated heterocycles. The Hall–Kier alpha value is -2.60. The maximum absolute atomic E-state index is 13.5. The van der Waals surface area contributed by atoms with E-state index in [4.69, 9.17) is 9.16 Å². The lowest BCUT2D eigenvalue weighted by Gasteiger charge is -2.37. The van der Waals surface area contributed by atoms with Gasteiger partial charge in [0.25, 0.3) is 5.69 Å². The number of nitro benzene ring substituents is 1. The number of nitro groups is 1. The standard InChI is InChI=1S/C25H36N2O7SSi/c1-24(2,3)36(5,6)34-18-12-17-25(23(28)33-4,19-20-13-8-7-9-14-20)26-35(31,32)22-16-11-10-15-21(22)27(29)30/h7-11,13-16,26H,12,17-19H2,1-6H3/t25-/m1/s1. The summed E-state index contributed by atoms with van der Waals surface area (Å²) in [4.78, 5) is 23.4. The molecule has 0 unspecified atom stereocenters. The van der Waals surface area contributed by atoms with Gasteiger partial charge in [0.1, 0.15) is 5.54 Å². The van der Waals surface area contributed by atoms with Gasteiger partial charge in [0.05, 0.1) is 12.0 Å². The van der Waals surface area contributed by atoms with E-state index >= 15 is 0 Å². The van der Waals surface area contributed by atoms with Crippen LogP contribution in [-0.2, 0) is 30.4 Å². The van der Waals surface area contributed by atoms with Crippen molar-refractivity contribution >= 4 is 30.0 Å². The molecule has 9 nitrogen and oxygen atoms in total. The van der Waals surface area contributed by atoms with Gasteiger partial charge < -0.3 is 9.16 Å². The predicted octanol–water partition coefficient (Wildman–Crippen LogP) is 4.83. The second-order valence-corrected chi connectivity index (χ2v) is 16.7. The molecule has 2 aromatic carbocycles. The Kier molecular flexibility index (Phi) is 9.57. The minimum atomic E-state index is -4.48. The van der Waals surface area contributed by atoms with Crippen molar-refractivity contribution in [3.63, 3.8) is 0 Å². The maximum Gasteiger partial charge on any atom is 0.327 e. The molecule has 0 heterocycles. The summed E-state index contributed by atoms with van der Waals surface area (Å²) in [6.45, 7) is 10.9. The van der Waals surface area contributed by atoms with Crippen molar-refractivity contribution in [2.75, 3.05) is 13.7 Å². The molecule has 0 saturated carbocycles. The monoisotopic (exact) mass is 536 g/mol. The van der Waals surface area contributed by atoms with Crippen molar-refractivity contribution in [2.45, 2.75) is 68.6 Å². The first-order chi connectivity index (χ1) is 16.7. The first kappa shape index (κ1) is 29.6. The van der Waals surface area contributed by atoms with Crippen LogP contribution in [0.1, 0.15) is 39.2 Å². The summed E-state index contributed by atoms with van der Waals surface area (Å²) in [7, 11) is -5.35. The highest BCUT2D eigenvalue weighted by Gasteiger charge is 2.45. The summed E-state index contributed by atoms with van der Waals surface area (Å²) in [5.74, 6) is -0.777. The number of sulfonamides is 1. The van der Waals surface area contributed by atoms with E-state index in [0.29, 0.717) is 18.6 Å². The lowest BCUT2D eigenvalue weighted by molar-refractivity contribution is -0.387. The van der Waals surface area contributed by atoms with Crippen molar-refractivity contribution in [3.8, 4) is 0 Å². The minimum Gasteiger partial charge on any atom is -0.468 e. The molecule has 1 atom stereocenters. The van der Waals surface area contributed by atoms with Gasteiger partial charge in [-0.2, -0.15) is 4.72 Å². The molecule has 0 bridgehead atoms. The fourth-order valence-corrected chi connectivity index (χ4v) is 6.24. The van der Waals surface area contributed by atoms with Gasteiger partial charge in [0.15, 0.2) is 13.2 Å². The van der Waals surface area contributed by atoms with E-state index in [0.717, 1.165) is 12.1 Å². The van der Waals surface area contributed by atoms with Gasteiger partial charge in [-0.1, -0.05) is 63.2 Å². The number of benzene rings is 2. The SMILES string of the molecule is COC(=O)[C@@](CCCO[Si](C)(C)C(C)(C)C)(Cc1ccccc1)NS(=O)(=O)c1ccccc1[N+](=O)[O-]. The Morgan fingerprint density at radius 2 is 1.64 bits per heavy atom. The summed E-state index contributed by atoms with van der Waals surface area (Å²) in [5, 5.41) is 11.5.